The van der Waals surface area contributed by atoms with Gasteiger partial charge in [0, 0.05) is 13.1 Å². The minimum Gasteiger partial charge on any atom is -0.424 e. The van der Waals surface area contributed by atoms with Crippen LogP contribution in [0.25, 0.3) is 11.1 Å². The average molecular weight is 343 g/mol. The number of benzene rings is 2. The number of nitrogens with one attached hydrogen (secondary N) is 1. The molecule has 1 aliphatic heterocycles. The molecule has 7 heteroatoms. The zero-order valence-corrected chi connectivity index (χ0v) is 13.8. The summed E-state index contributed by atoms with van der Waals surface area (Å²) < 4.78 is 32.2. The summed E-state index contributed by atoms with van der Waals surface area (Å²) in [4.78, 5) is 4.28. The van der Waals surface area contributed by atoms with Crippen LogP contribution < -0.4 is 9.62 Å². The quantitative estimate of drug-likeness (QED) is 0.771. The standard InChI is InChI=1S/C17H17N3O3S/c21-24(22,20-11-9-13-5-1-3-7-15(13)20)12-10-18-17-19-14-6-2-4-8-16(14)23-17/h1-8H,9-12H2,(H,18,19). The van der Waals surface area contributed by atoms with Gasteiger partial charge < -0.3 is 9.73 Å². The minimum atomic E-state index is -3.37. The Labute approximate surface area is 140 Å². The molecule has 1 aromatic heterocycles. The van der Waals surface area contributed by atoms with E-state index in [2.05, 4.69) is 10.3 Å². The molecule has 0 fully saturated rings. The Kier molecular flexibility index (Phi) is 3.65. The lowest BCUT2D eigenvalue weighted by Gasteiger charge is -2.19. The topological polar surface area (TPSA) is 75.4 Å². The molecule has 1 N–H and O–H groups in total. The molecule has 2 heterocycles. The number of hydrogen-bond donors (Lipinski definition) is 1. The van der Waals surface area contributed by atoms with Gasteiger partial charge in [-0.25, -0.2) is 8.42 Å². The largest absolute Gasteiger partial charge is 0.424 e. The number of aromatic nitrogens is 1. The molecule has 0 radical (unpaired) electrons. The fraction of sp³-hybridized carbons (Fsp3) is 0.235. The third-order valence-corrected chi connectivity index (χ3v) is 5.88. The zero-order chi connectivity index (χ0) is 16.6. The number of hydrogen-bond acceptors (Lipinski definition) is 5. The number of nitrogens with zero attached hydrogens (tertiary/aromatic N) is 2. The summed E-state index contributed by atoms with van der Waals surface area (Å²) >= 11 is 0. The van der Waals surface area contributed by atoms with Crippen LogP contribution in [0.1, 0.15) is 5.56 Å². The van der Waals surface area contributed by atoms with Gasteiger partial charge in [0.25, 0.3) is 6.01 Å². The lowest BCUT2D eigenvalue weighted by Crippen LogP contribution is -2.33. The van der Waals surface area contributed by atoms with Crippen molar-refractivity contribution in [1.82, 2.24) is 4.98 Å². The Morgan fingerprint density at radius 2 is 1.92 bits per heavy atom. The van der Waals surface area contributed by atoms with Crippen LogP contribution in [0.3, 0.4) is 0 Å². The Hall–Kier alpha value is -2.54. The molecule has 1 aliphatic rings. The van der Waals surface area contributed by atoms with Crippen LogP contribution in [-0.2, 0) is 16.4 Å². The predicted molar refractivity (Wildman–Crippen MR) is 93.8 cm³/mol. The maximum Gasteiger partial charge on any atom is 0.295 e. The van der Waals surface area contributed by atoms with Gasteiger partial charge in [-0.1, -0.05) is 30.3 Å². The van der Waals surface area contributed by atoms with E-state index in [1.807, 2.05) is 48.5 Å². The van der Waals surface area contributed by atoms with E-state index in [-0.39, 0.29) is 12.3 Å². The normalized spacial score (nSPS) is 14.1. The number of para-hydroxylation sites is 3. The van der Waals surface area contributed by atoms with Crippen LogP contribution in [-0.4, -0.2) is 32.2 Å². The maximum atomic E-state index is 12.6. The lowest BCUT2D eigenvalue weighted by atomic mass is 10.2. The summed E-state index contributed by atoms with van der Waals surface area (Å²) in [7, 11) is -3.37. The van der Waals surface area contributed by atoms with Crippen molar-refractivity contribution in [3.63, 3.8) is 0 Å². The van der Waals surface area contributed by atoms with Crippen molar-refractivity contribution < 1.29 is 12.8 Å². The monoisotopic (exact) mass is 343 g/mol. The Morgan fingerprint density at radius 1 is 1.12 bits per heavy atom. The molecule has 0 unspecified atom stereocenters. The van der Waals surface area contributed by atoms with E-state index >= 15 is 0 Å². The molecule has 4 rings (SSSR count). The van der Waals surface area contributed by atoms with Crippen LogP contribution in [0.2, 0.25) is 0 Å². The first kappa shape index (κ1) is 15.0. The van der Waals surface area contributed by atoms with Crippen LogP contribution in [0.5, 0.6) is 0 Å². The summed E-state index contributed by atoms with van der Waals surface area (Å²) in [5, 5.41) is 2.95. The van der Waals surface area contributed by atoms with Gasteiger partial charge in [-0.3, -0.25) is 4.31 Å². The molecule has 3 aromatic rings. The number of anilines is 2. The summed E-state index contributed by atoms with van der Waals surface area (Å²) in [6.45, 7) is 0.748. The molecule has 2 aromatic carbocycles. The second-order valence-corrected chi connectivity index (χ2v) is 7.69. The first-order chi connectivity index (χ1) is 11.6. The van der Waals surface area contributed by atoms with Gasteiger partial charge in [0.1, 0.15) is 5.52 Å². The fourth-order valence-corrected chi connectivity index (χ4v) is 4.37. The van der Waals surface area contributed by atoms with Gasteiger partial charge in [0.2, 0.25) is 10.0 Å². The molecule has 0 bridgehead atoms. The van der Waals surface area contributed by atoms with Gasteiger partial charge in [0.15, 0.2) is 5.58 Å². The van der Waals surface area contributed by atoms with Crippen molar-refractivity contribution in [2.45, 2.75) is 6.42 Å². The lowest BCUT2D eigenvalue weighted by molar-refractivity contribution is 0.591. The van der Waals surface area contributed by atoms with E-state index in [4.69, 9.17) is 4.42 Å². The van der Waals surface area contributed by atoms with E-state index in [1.54, 1.807) is 0 Å². The van der Waals surface area contributed by atoms with Crippen molar-refractivity contribution in [3.05, 3.63) is 54.1 Å². The molecule has 124 valence electrons. The third-order valence-electron chi connectivity index (χ3n) is 4.11. The van der Waals surface area contributed by atoms with Crippen molar-refractivity contribution in [1.29, 1.82) is 0 Å². The molecule has 24 heavy (non-hydrogen) atoms. The van der Waals surface area contributed by atoms with Crippen LogP contribution in [0.4, 0.5) is 11.7 Å². The van der Waals surface area contributed by atoms with Gasteiger partial charge in [0.05, 0.1) is 11.4 Å². The Balaban J connectivity index is 1.43. The summed E-state index contributed by atoms with van der Waals surface area (Å²) in [6, 6.07) is 15.4. The Bertz CT molecular complexity index is 948. The number of oxazole rings is 1. The first-order valence-electron chi connectivity index (χ1n) is 7.81. The summed E-state index contributed by atoms with van der Waals surface area (Å²) in [6.07, 6.45) is 0.758. The molecule has 6 nitrogen and oxygen atoms in total. The molecule has 0 saturated heterocycles. The van der Waals surface area contributed by atoms with E-state index < -0.39 is 10.0 Å². The van der Waals surface area contributed by atoms with Gasteiger partial charge >= 0.3 is 0 Å². The summed E-state index contributed by atoms with van der Waals surface area (Å²) in [5.41, 5.74) is 3.29. The smallest absolute Gasteiger partial charge is 0.295 e. The van der Waals surface area contributed by atoms with Crippen LogP contribution in [0.15, 0.2) is 52.9 Å². The number of fused-ring (bicyclic) bond motifs is 2. The van der Waals surface area contributed by atoms with Crippen molar-refractivity contribution in [3.8, 4) is 0 Å². The third kappa shape index (κ3) is 2.71. The second-order valence-electron chi connectivity index (χ2n) is 5.68. The van der Waals surface area contributed by atoms with E-state index in [1.165, 1.54) is 4.31 Å². The molecular weight excluding hydrogens is 326 g/mol. The maximum absolute atomic E-state index is 12.6. The Morgan fingerprint density at radius 3 is 2.79 bits per heavy atom. The van der Waals surface area contributed by atoms with Crippen molar-refractivity contribution >= 4 is 32.8 Å². The first-order valence-corrected chi connectivity index (χ1v) is 9.42. The molecular formula is C17H17N3O3S. The SMILES string of the molecule is O=S(=O)(CCNc1nc2ccccc2o1)N1CCc2ccccc21. The molecule has 0 atom stereocenters. The van der Waals surface area contributed by atoms with Crippen LogP contribution >= 0.6 is 0 Å². The molecule has 0 spiro atoms. The van der Waals surface area contributed by atoms with E-state index in [0.717, 1.165) is 23.2 Å². The van der Waals surface area contributed by atoms with Gasteiger partial charge in [-0.2, -0.15) is 4.98 Å². The second kappa shape index (κ2) is 5.83. The highest BCUT2D eigenvalue weighted by molar-refractivity contribution is 7.92. The fourth-order valence-electron chi connectivity index (χ4n) is 2.94. The highest BCUT2D eigenvalue weighted by Crippen LogP contribution is 2.30. The molecule has 0 amide bonds. The average Bonchev–Trinajstić information content (AvgIpc) is 3.18. The molecule has 0 saturated carbocycles. The van der Waals surface area contributed by atoms with E-state index in [0.29, 0.717) is 18.1 Å². The minimum absolute atomic E-state index is 0.0138. The number of rotatable bonds is 5. The van der Waals surface area contributed by atoms with Crippen LogP contribution in [0, 0.1) is 0 Å². The van der Waals surface area contributed by atoms with Gasteiger partial charge in [-0.05, 0) is 30.2 Å². The number of sulfonamides is 1. The zero-order valence-electron chi connectivity index (χ0n) is 13.0. The predicted octanol–water partition coefficient (Wildman–Crippen LogP) is 2.63. The van der Waals surface area contributed by atoms with Gasteiger partial charge in [-0.15, -0.1) is 0 Å². The highest BCUT2D eigenvalue weighted by atomic mass is 32.2. The molecule has 0 aliphatic carbocycles. The van der Waals surface area contributed by atoms with Crippen molar-refractivity contribution in [2.75, 3.05) is 28.5 Å². The summed E-state index contributed by atoms with van der Waals surface area (Å²) in [5.74, 6) is -0.0138. The van der Waals surface area contributed by atoms with Crippen molar-refractivity contribution in [2.24, 2.45) is 0 Å². The van der Waals surface area contributed by atoms with E-state index in [9.17, 15) is 8.42 Å². The highest BCUT2D eigenvalue weighted by Gasteiger charge is 2.28.